The maximum absolute atomic E-state index is 12.6. The predicted octanol–water partition coefficient (Wildman–Crippen LogP) is 1.82. The molecule has 0 saturated carbocycles. The molecule has 0 spiro atoms. The van der Waals surface area contributed by atoms with Crippen molar-refractivity contribution in [1.82, 2.24) is 5.32 Å². The van der Waals surface area contributed by atoms with Crippen molar-refractivity contribution in [2.45, 2.75) is 19.8 Å². The van der Waals surface area contributed by atoms with Gasteiger partial charge in [0.15, 0.2) is 0 Å². The first-order chi connectivity index (χ1) is 8.75. The molecule has 2 aliphatic rings. The summed E-state index contributed by atoms with van der Waals surface area (Å²) < 4.78 is 0. The summed E-state index contributed by atoms with van der Waals surface area (Å²) in [5.41, 5.74) is 2.43. The Labute approximate surface area is 108 Å². The van der Waals surface area contributed by atoms with E-state index in [-0.39, 0.29) is 5.92 Å². The fourth-order valence-corrected chi connectivity index (χ4v) is 3.13. The maximum atomic E-state index is 12.6. The molecule has 0 aliphatic carbocycles. The summed E-state index contributed by atoms with van der Waals surface area (Å²) in [5.74, 6) is 1.06. The van der Waals surface area contributed by atoms with Crippen LogP contribution in [-0.4, -0.2) is 25.5 Å². The van der Waals surface area contributed by atoms with E-state index < -0.39 is 0 Å². The fourth-order valence-electron chi connectivity index (χ4n) is 3.13. The molecule has 1 aromatic carbocycles. The third kappa shape index (κ3) is 2.03. The van der Waals surface area contributed by atoms with Crippen LogP contribution in [0.25, 0.3) is 0 Å². The van der Waals surface area contributed by atoms with E-state index in [0.29, 0.717) is 11.8 Å². The Morgan fingerprint density at radius 3 is 3.00 bits per heavy atom. The van der Waals surface area contributed by atoms with Crippen LogP contribution in [0, 0.1) is 11.8 Å². The van der Waals surface area contributed by atoms with E-state index in [4.69, 9.17) is 0 Å². The van der Waals surface area contributed by atoms with Crippen molar-refractivity contribution in [3.63, 3.8) is 0 Å². The summed E-state index contributed by atoms with van der Waals surface area (Å²) in [4.78, 5) is 14.6. The molecule has 1 N–H and O–H groups in total. The molecule has 0 bridgehead atoms. The fraction of sp³-hybridized carbons (Fsp3) is 0.533. The molecule has 1 saturated heterocycles. The summed E-state index contributed by atoms with van der Waals surface area (Å²) in [5, 5.41) is 3.37. The van der Waals surface area contributed by atoms with Crippen LogP contribution < -0.4 is 10.2 Å². The standard InChI is InChI=1S/C15H20N2O/c1-11-8-13(10-16-9-11)15(18)17-7-6-12-4-2-3-5-14(12)17/h2-5,11,13,16H,6-10H2,1H3. The second kappa shape index (κ2) is 4.73. The van der Waals surface area contributed by atoms with E-state index >= 15 is 0 Å². The zero-order chi connectivity index (χ0) is 12.5. The Kier molecular flexibility index (Phi) is 3.08. The minimum Gasteiger partial charge on any atom is -0.316 e. The summed E-state index contributed by atoms with van der Waals surface area (Å²) in [7, 11) is 0. The van der Waals surface area contributed by atoms with Crippen LogP contribution in [0.2, 0.25) is 0 Å². The Morgan fingerprint density at radius 2 is 2.17 bits per heavy atom. The van der Waals surface area contributed by atoms with Gasteiger partial charge in [0.25, 0.3) is 0 Å². The topological polar surface area (TPSA) is 32.3 Å². The molecule has 3 rings (SSSR count). The second-order valence-electron chi connectivity index (χ2n) is 5.56. The predicted molar refractivity (Wildman–Crippen MR) is 72.6 cm³/mol. The van der Waals surface area contributed by atoms with E-state index in [9.17, 15) is 4.79 Å². The number of nitrogens with zero attached hydrogens (tertiary/aromatic N) is 1. The lowest BCUT2D eigenvalue weighted by Crippen LogP contribution is -2.44. The first-order valence-corrected chi connectivity index (χ1v) is 6.85. The number of amides is 1. The molecular weight excluding hydrogens is 224 g/mol. The Balaban J connectivity index is 1.78. The van der Waals surface area contributed by atoms with Gasteiger partial charge in [-0.25, -0.2) is 0 Å². The number of anilines is 1. The largest absolute Gasteiger partial charge is 0.316 e. The molecule has 1 amide bonds. The van der Waals surface area contributed by atoms with Crippen LogP contribution in [0.3, 0.4) is 0 Å². The Morgan fingerprint density at radius 1 is 1.33 bits per heavy atom. The number of benzene rings is 1. The van der Waals surface area contributed by atoms with Crippen molar-refractivity contribution < 1.29 is 4.79 Å². The molecule has 0 radical (unpaired) electrons. The number of carbonyl (C=O) groups excluding carboxylic acids is 1. The minimum atomic E-state index is 0.153. The molecule has 1 aromatic rings. The smallest absolute Gasteiger partial charge is 0.231 e. The molecular formula is C15H20N2O. The van der Waals surface area contributed by atoms with Crippen LogP contribution >= 0.6 is 0 Å². The normalized spacial score (nSPS) is 27.1. The Hall–Kier alpha value is -1.35. The SMILES string of the molecule is CC1CNCC(C(=O)N2CCc3ccccc32)C1. The molecule has 3 heteroatoms. The molecule has 3 nitrogen and oxygen atoms in total. The van der Waals surface area contributed by atoms with Crippen molar-refractivity contribution in [2.75, 3.05) is 24.5 Å². The first-order valence-electron chi connectivity index (χ1n) is 6.85. The monoisotopic (exact) mass is 244 g/mol. The average Bonchev–Trinajstić information content (AvgIpc) is 2.82. The van der Waals surface area contributed by atoms with Crippen molar-refractivity contribution in [3.8, 4) is 0 Å². The van der Waals surface area contributed by atoms with Crippen LogP contribution in [-0.2, 0) is 11.2 Å². The van der Waals surface area contributed by atoms with Crippen LogP contribution in [0.5, 0.6) is 0 Å². The van der Waals surface area contributed by atoms with Crippen LogP contribution in [0.4, 0.5) is 5.69 Å². The van der Waals surface area contributed by atoms with Gasteiger partial charge in [0.2, 0.25) is 5.91 Å². The molecule has 1 fully saturated rings. The molecule has 2 aliphatic heterocycles. The van der Waals surface area contributed by atoms with Crippen LogP contribution in [0.15, 0.2) is 24.3 Å². The lowest BCUT2D eigenvalue weighted by atomic mass is 9.91. The number of nitrogens with one attached hydrogen (secondary N) is 1. The zero-order valence-electron chi connectivity index (χ0n) is 10.9. The minimum absolute atomic E-state index is 0.153. The third-order valence-electron chi connectivity index (χ3n) is 4.07. The van der Waals surface area contributed by atoms with E-state index in [1.54, 1.807) is 0 Å². The van der Waals surface area contributed by atoms with E-state index in [1.807, 2.05) is 11.0 Å². The number of hydrogen-bond donors (Lipinski definition) is 1. The number of hydrogen-bond acceptors (Lipinski definition) is 2. The lowest BCUT2D eigenvalue weighted by Gasteiger charge is -2.30. The molecule has 0 aromatic heterocycles. The molecule has 96 valence electrons. The van der Waals surface area contributed by atoms with Gasteiger partial charge >= 0.3 is 0 Å². The highest BCUT2D eigenvalue weighted by Crippen LogP contribution is 2.30. The maximum Gasteiger partial charge on any atom is 0.231 e. The number of para-hydroxylation sites is 1. The lowest BCUT2D eigenvalue weighted by molar-refractivity contribution is -0.123. The van der Waals surface area contributed by atoms with E-state index in [2.05, 4.69) is 30.4 Å². The van der Waals surface area contributed by atoms with Gasteiger partial charge in [-0.05, 0) is 36.9 Å². The van der Waals surface area contributed by atoms with Crippen molar-refractivity contribution in [2.24, 2.45) is 11.8 Å². The van der Waals surface area contributed by atoms with Crippen LogP contribution in [0.1, 0.15) is 18.9 Å². The van der Waals surface area contributed by atoms with Gasteiger partial charge in [0.05, 0.1) is 5.92 Å². The molecule has 2 unspecified atom stereocenters. The number of piperidine rings is 1. The molecule has 2 atom stereocenters. The van der Waals surface area contributed by atoms with Gasteiger partial charge in [0, 0.05) is 18.8 Å². The van der Waals surface area contributed by atoms with Crippen molar-refractivity contribution >= 4 is 11.6 Å². The summed E-state index contributed by atoms with van der Waals surface area (Å²) >= 11 is 0. The van der Waals surface area contributed by atoms with Gasteiger partial charge in [-0.3, -0.25) is 4.79 Å². The zero-order valence-corrected chi connectivity index (χ0v) is 10.9. The highest BCUT2D eigenvalue weighted by atomic mass is 16.2. The van der Waals surface area contributed by atoms with Gasteiger partial charge in [-0.2, -0.15) is 0 Å². The highest BCUT2D eigenvalue weighted by Gasteiger charge is 2.32. The molecule has 18 heavy (non-hydrogen) atoms. The third-order valence-corrected chi connectivity index (χ3v) is 4.07. The van der Waals surface area contributed by atoms with E-state index in [1.165, 1.54) is 5.56 Å². The van der Waals surface area contributed by atoms with Gasteiger partial charge in [0.1, 0.15) is 0 Å². The number of rotatable bonds is 1. The highest BCUT2D eigenvalue weighted by molar-refractivity contribution is 5.97. The number of fused-ring (bicyclic) bond motifs is 1. The van der Waals surface area contributed by atoms with Crippen molar-refractivity contribution in [1.29, 1.82) is 0 Å². The van der Waals surface area contributed by atoms with Gasteiger partial charge in [-0.1, -0.05) is 25.1 Å². The Bertz CT molecular complexity index is 458. The van der Waals surface area contributed by atoms with Gasteiger partial charge in [-0.15, -0.1) is 0 Å². The summed E-state index contributed by atoms with van der Waals surface area (Å²) in [6, 6.07) is 8.27. The quantitative estimate of drug-likeness (QED) is 0.817. The average molecular weight is 244 g/mol. The van der Waals surface area contributed by atoms with Gasteiger partial charge < -0.3 is 10.2 Å². The van der Waals surface area contributed by atoms with E-state index in [0.717, 1.165) is 38.2 Å². The number of carbonyl (C=O) groups is 1. The molecule has 2 heterocycles. The van der Waals surface area contributed by atoms with Crippen molar-refractivity contribution in [3.05, 3.63) is 29.8 Å². The summed E-state index contributed by atoms with van der Waals surface area (Å²) in [6.07, 6.45) is 2.02. The summed E-state index contributed by atoms with van der Waals surface area (Å²) in [6.45, 7) is 4.94. The second-order valence-corrected chi connectivity index (χ2v) is 5.56. The first kappa shape index (κ1) is 11.7.